The summed E-state index contributed by atoms with van der Waals surface area (Å²) >= 11 is 5.93. The molecule has 2 nitrogen and oxygen atoms in total. The van der Waals surface area contributed by atoms with Gasteiger partial charge in [0.05, 0.1) is 0 Å². The Morgan fingerprint density at radius 1 is 1.11 bits per heavy atom. The smallest absolute Gasteiger partial charge is 0.115 e. The van der Waals surface area contributed by atoms with E-state index in [0.717, 1.165) is 24.5 Å². The summed E-state index contributed by atoms with van der Waals surface area (Å²) in [6, 6.07) is 13.3. The van der Waals surface area contributed by atoms with Gasteiger partial charge in [-0.15, -0.1) is 0 Å². The lowest BCUT2D eigenvalue weighted by atomic mass is 10.1. The van der Waals surface area contributed by atoms with Crippen molar-refractivity contribution < 1.29 is 5.11 Å². The van der Waals surface area contributed by atoms with Crippen LogP contribution >= 0.6 is 11.6 Å². The largest absolute Gasteiger partial charge is 0.508 e. The molecule has 0 aliphatic rings. The molecule has 3 heteroatoms. The van der Waals surface area contributed by atoms with Gasteiger partial charge in [-0.1, -0.05) is 29.8 Å². The van der Waals surface area contributed by atoms with E-state index >= 15 is 0 Å². The van der Waals surface area contributed by atoms with Crippen molar-refractivity contribution in [2.45, 2.75) is 19.9 Å². The molecule has 100 valence electrons. The second-order valence-electron chi connectivity index (χ2n) is 4.66. The standard InChI is InChI=1S/C16H18ClNO/c1-12-10-15(17)5-4-14(12)11-18-9-8-13-2-6-16(19)7-3-13/h2-7,10,18-19H,8-9,11H2,1H3. The third kappa shape index (κ3) is 4.27. The summed E-state index contributed by atoms with van der Waals surface area (Å²) in [5, 5.41) is 13.4. The van der Waals surface area contributed by atoms with Gasteiger partial charge in [-0.2, -0.15) is 0 Å². The summed E-state index contributed by atoms with van der Waals surface area (Å²) in [6.07, 6.45) is 0.951. The average molecular weight is 276 g/mol. The van der Waals surface area contributed by atoms with Crippen molar-refractivity contribution in [3.8, 4) is 5.75 Å². The number of aromatic hydroxyl groups is 1. The normalized spacial score (nSPS) is 10.6. The van der Waals surface area contributed by atoms with E-state index in [1.807, 2.05) is 24.3 Å². The van der Waals surface area contributed by atoms with Crippen molar-refractivity contribution in [1.29, 1.82) is 0 Å². The Kier molecular flexibility index (Phi) is 4.83. The number of halogens is 1. The molecular formula is C16H18ClNO. The highest BCUT2D eigenvalue weighted by atomic mass is 35.5. The zero-order valence-electron chi connectivity index (χ0n) is 11.0. The van der Waals surface area contributed by atoms with Crippen LogP contribution in [-0.2, 0) is 13.0 Å². The van der Waals surface area contributed by atoms with Crippen molar-refractivity contribution in [2.24, 2.45) is 0 Å². The van der Waals surface area contributed by atoms with E-state index in [-0.39, 0.29) is 0 Å². The van der Waals surface area contributed by atoms with E-state index < -0.39 is 0 Å². The Morgan fingerprint density at radius 3 is 2.53 bits per heavy atom. The maximum absolute atomic E-state index is 9.20. The van der Waals surface area contributed by atoms with Gasteiger partial charge >= 0.3 is 0 Å². The number of nitrogens with one attached hydrogen (secondary N) is 1. The van der Waals surface area contributed by atoms with Crippen LogP contribution in [0.3, 0.4) is 0 Å². The molecule has 0 aliphatic carbocycles. The fourth-order valence-corrected chi connectivity index (χ4v) is 2.20. The molecule has 0 amide bonds. The maximum atomic E-state index is 9.20. The van der Waals surface area contributed by atoms with Gasteiger partial charge in [0.1, 0.15) is 5.75 Å². The van der Waals surface area contributed by atoms with Crippen LogP contribution in [0.4, 0.5) is 0 Å². The fraction of sp³-hybridized carbons (Fsp3) is 0.250. The topological polar surface area (TPSA) is 32.3 Å². The van der Waals surface area contributed by atoms with Crippen LogP contribution in [0.25, 0.3) is 0 Å². The zero-order valence-corrected chi connectivity index (χ0v) is 11.7. The first-order valence-electron chi connectivity index (χ1n) is 6.39. The van der Waals surface area contributed by atoms with Gasteiger partial charge in [-0.25, -0.2) is 0 Å². The van der Waals surface area contributed by atoms with Gasteiger partial charge in [0.2, 0.25) is 0 Å². The molecule has 0 fully saturated rings. The maximum Gasteiger partial charge on any atom is 0.115 e. The molecule has 19 heavy (non-hydrogen) atoms. The molecule has 2 aromatic rings. The number of phenols is 1. The lowest BCUT2D eigenvalue weighted by molar-refractivity contribution is 0.475. The van der Waals surface area contributed by atoms with Crippen molar-refractivity contribution in [3.63, 3.8) is 0 Å². The predicted octanol–water partition coefficient (Wildman–Crippen LogP) is 3.69. The average Bonchev–Trinajstić information content (AvgIpc) is 2.39. The number of rotatable bonds is 5. The molecule has 0 saturated heterocycles. The van der Waals surface area contributed by atoms with Gasteiger partial charge in [-0.05, 0) is 60.8 Å². The molecule has 0 spiro atoms. The van der Waals surface area contributed by atoms with E-state index in [1.165, 1.54) is 16.7 Å². The fourth-order valence-electron chi connectivity index (χ4n) is 1.98. The minimum absolute atomic E-state index is 0.313. The SMILES string of the molecule is Cc1cc(Cl)ccc1CNCCc1ccc(O)cc1. The van der Waals surface area contributed by atoms with Crippen LogP contribution < -0.4 is 5.32 Å². The summed E-state index contributed by atoms with van der Waals surface area (Å²) in [4.78, 5) is 0. The number of aryl methyl sites for hydroxylation is 1. The minimum Gasteiger partial charge on any atom is -0.508 e. The zero-order chi connectivity index (χ0) is 13.7. The van der Waals surface area contributed by atoms with Crippen molar-refractivity contribution >= 4 is 11.6 Å². The molecule has 0 heterocycles. The van der Waals surface area contributed by atoms with Gasteiger partial charge in [-0.3, -0.25) is 0 Å². The van der Waals surface area contributed by atoms with Crippen LogP contribution in [0.1, 0.15) is 16.7 Å². The highest BCUT2D eigenvalue weighted by Gasteiger charge is 1.99. The van der Waals surface area contributed by atoms with E-state index in [1.54, 1.807) is 12.1 Å². The summed E-state index contributed by atoms with van der Waals surface area (Å²) in [6.45, 7) is 3.83. The summed E-state index contributed by atoms with van der Waals surface area (Å²) in [5.41, 5.74) is 3.71. The molecule has 0 saturated carbocycles. The third-order valence-electron chi connectivity index (χ3n) is 3.15. The third-order valence-corrected chi connectivity index (χ3v) is 3.38. The van der Waals surface area contributed by atoms with Gasteiger partial charge in [0.25, 0.3) is 0 Å². The second-order valence-corrected chi connectivity index (χ2v) is 5.10. The monoisotopic (exact) mass is 275 g/mol. The summed E-state index contributed by atoms with van der Waals surface area (Å²) < 4.78 is 0. The van der Waals surface area contributed by atoms with Crippen LogP contribution in [0.15, 0.2) is 42.5 Å². The Labute approximate surface area is 119 Å². The molecule has 0 atom stereocenters. The van der Waals surface area contributed by atoms with Crippen molar-refractivity contribution in [3.05, 3.63) is 64.2 Å². The first kappa shape index (κ1) is 13.9. The van der Waals surface area contributed by atoms with Crippen LogP contribution in [0, 0.1) is 6.92 Å². The number of benzene rings is 2. The van der Waals surface area contributed by atoms with Crippen molar-refractivity contribution in [2.75, 3.05) is 6.54 Å². The summed E-state index contributed by atoms with van der Waals surface area (Å²) in [5.74, 6) is 0.313. The Morgan fingerprint density at radius 2 is 1.84 bits per heavy atom. The second kappa shape index (κ2) is 6.60. The molecular weight excluding hydrogens is 258 g/mol. The number of phenolic OH excluding ortho intramolecular Hbond substituents is 1. The highest BCUT2D eigenvalue weighted by molar-refractivity contribution is 6.30. The van der Waals surface area contributed by atoms with Gasteiger partial charge in [0, 0.05) is 11.6 Å². The lowest BCUT2D eigenvalue weighted by Crippen LogP contribution is -2.17. The quantitative estimate of drug-likeness (QED) is 0.816. The van der Waals surface area contributed by atoms with Crippen LogP contribution in [0.5, 0.6) is 5.75 Å². The van der Waals surface area contributed by atoms with Gasteiger partial charge in [0.15, 0.2) is 0 Å². The molecule has 2 N–H and O–H groups in total. The Balaban J connectivity index is 1.79. The predicted molar refractivity (Wildman–Crippen MR) is 79.7 cm³/mol. The molecule has 0 unspecified atom stereocenters. The van der Waals surface area contributed by atoms with Crippen LogP contribution in [-0.4, -0.2) is 11.7 Å². The first-order chi connectivity index (χ1) is 9.15. The van der Waals surface area contributed by atoms with E-state index in [4.69, 9.17) is 11.6 Å². The number of hydrogen-bond donors (Lipinski definition) is 2. The molecule has 0 bridgehead atoms. The molecule has 0 aromatic heterocycles. The van der Waals surface area contributed by atoms with Crippen LogP contribution in [0.2, 0.25) is 5.02 Å². The molecule has 2 aromatic carbocycles. The van der Waals surface area contributed by atoms with E-state index in [2.05, 4.69) is 18.3 Å². The van der Waals surface area contributed by atoms with Crippen molar-refractivity contribution in [1.82, 2.24) is 5.32 Å². The van der Waals surface area contributed by atoms with E-state index in [0.29, 0.717) is 5.75 Å². The Hall–Kier alpha value is -1.51. The molecule has 0 radical (unpaired) electrons. The lowest BCUT2D eigenvalue weighted by Gasteiger charge is -2.08. The minimum atomic E-state index is 0.313. The van der Waals surface area contributed by atoms with E-state index in [9.17, 15) is 5.11 Å². The molecule has 2 rings (SSSR count). The highest BCUT2D eigenvalue weighted by Crippen LogP contribution is 2.15. The molecule has 0 aliphatic heterocycles. The summed E-state index contributed by atoms with van der Waals surface area (Å²) in [7, 11) is 0. The number of hydrogen-bond acceptors (Lipinski definition) is 2. The first-order valence-corrected chi connectivity index (χ1v) is 6.76. The van der Waals surface area contributed by atoms with Gasteiger partial charge < -0.3 is 10.4 Å². The Bertz CT molecular complexity index is 537.